The lowest BCUT2D eigenvalue weighted by Crippen LogP contribution is -2.16. The summed E-state index contributed by atoms with van der Waals surface area (Å²) in [7, 11) is 0. The molecule has 0 spiro atoms. The standard InChI is InChI=1S/C60H50N2O/c1-59(2,3)41-36-40(37-42(38-41)60(4,5)6)44-27-16-20-39-21-17-28-46(56(39)44)45-24-10-13-29-49(45)62(53-33-19-35-55-58(53)48-26-12-15-34-54(48)63-55)52-32-18-31-51-57(52)47-25-11-14-30-50(47)61(51)43-22-8-7-9-23-43/h7-38H,1-6H3. The number of benzene rings is 9. The van der Waals surface area contributed by atoms with Gasteiger partial charge in [-0.05, 0) is 104 Å². The minimum Gasteiger partial charge on any atom is -0.456 e. The van der Waals surface area contributed by atoms with Crippen molar-refractivity contribution in [1.82, 2.24) is 4.57 Å². The highest BCUT2D eigenvalue weighted by molar-refractivity contribution is 6.20. The van der Waals surface area contributed by atoms with E-state index in [-0.39, 0.29) is 10.8 Å². The van der Waals surface area contributed by atoms with E-state index in [1.165, 1.54) is 49.4 Å². The average Bonchev–Trinajstić information content (AvgIpc) is 3.85. The molecule has 2 heterocycles. The van der Waals surface area contributed by atoms with Gasteiger partial charge in [0.1, 0.15) is 11.2 Å². The molecule has 2 aromatic heterocycles. The maximum absolute atomic E-state index is 6.61. The molecule has 11 rings (SSSR count). The Kier molecular flexibility index (Phi) is 8.96. The van der Waals surface area contributed by atoms with Crippen molar-refractivity contribution in [3.8, 4) is 27.9 Å². The first-order chi connectivity index (χ1) is 30.5. The van der Waals surface area contributed by atoms with E-state index in [9.17, 15) is 0 Å². The lowest BCUT2D eigenvalue weighted by molar-refractivity contribution is 0.569. The van der Waals surface area contributed by atoms with Crippen molar-refractivity contribution in [2.75, 3.05) is 4.90 Å². The Morgan fingerprint density at radius 3 is 1.68 bits per heavy atom. The predicted octanol–water partition coefficient (Wildman–Crippen LogP) is 17.2. The summed E-state index contributed by atoms with van der Waals surface area (Å²) in [5, 5.41) is 7.00. The van der Waals surface area contributed by atoms with Gasteiger partial charge in [-0.1, -0.05) is 181 Å². The second-order valence-corrected chi connectivity index (χ2v) is 19.0. The van der Waals surface area contributed by atoms with Crippen molar-refractivity contribution < 1.29 is 4.42 Å². The Labute approximate surface area is 369 Å². The molecule has 0 radical (unpaired) electrons. The van der Waals surface area contributed by atoms with Crippen molar-refractivity contribution >= 4 is 71.6 Å². The van der Waals surface area contributed by atoms with E-state index >= 15 is 0 Å². The van der Waals surface area contributed by atoms with Crippen molar-refractivity contribution in [2.24, 2.45) is 0 Å². The molecule has 0 aliphatic heterocycles. The topological polar surface area (TPSA) is 21.3 Å². The van der Waals surface area contributed by atoms with Gasteiger partial charge in [-0.25, -0.2) is 0 Å². The van der Waals surface area contributed by atoms with E-state index in [0.717, 1.165) is 61.3 Å². The molecule has 9 aromatic carbocycles. The molecule has 306 valence electrons. The summed E-state index contributed by atoms with van der Waals surface area (Å²) < 4.78 is 9.01. The summed E-state index contributed by atoms with van der Waals surface area (Å²) >= 11 is 0. The summed E-state index contributed by atoms with van der Waals surface area (Å²) in [6.07, 6.45) is 0. The van der Waals surface area contributed by atoms with Crippen LogP contribution in [-0.2, 0) is 10.8 Å². The van der Waals surface area contributed by atoms with Crippen LogP contribution in [-0.4, -0.2) is 4.57 Å². The third-order valence-electron chi connectivity index (χ3n) is 12.9. The van der Waals surface area contributed by atoms with Crippen LogP contribution >= 0.6 is 0 Å². The molecule has 0 bridgehead atoms. The van der Waals surface area contributed by atoms with Gasteiger partial charge < -0.3 is 13.9 Å². The number of anilines is 3. The number of hydrogen-bond donors (Lipinski definition) is 0. The molecule has 3 nitrogen and oxygen atoms in total. The summed E-state index contributed by atoms with van der Waals surface area (Å²) in [6.45, 7) is 13.9. The van der Waals surface area contributed by atoms with Gasteiger partial charge in [-0.3, -0.25) is 0 Å². The van der Waals surface area contributed by atoms with Crippen LogP contribution in [0.25, 0.3) is 82.5 Å². The zero-order valence-corrected chi connectivity index (χ0v) is 36.8. The van der Waals surface area contributed by atoms with E-state index in [0.29, 0.717) is 0 Å². The molecule has 63 heavy (non-hydrogen) atoms. The molecule has 0 saturated carbocycles. The zero-order chi connectivity index (χ0) is 43.0. The van der Waals surface area contributed by atoms with Gasteiger partial charge in [0, 0.05) is 27.4 Å². The van der Waals surface area contributed by atoms with Crippen LogP contribution in [0.3, 0.4) is 0 Å². The maximum Gasteiger partial charge on any atom is 0.137 e. The van der Waals surface area contributed by atoms with Crippen molar-refractivity contribution in [3.05, 3.63) is 205 Å². The smallest absolute Gasteiger partial charge is 0.137 e. The summed E-state index contributed by atoms with van der Waals surface area (Å²) in [5.41, 5.74) is 15.9. The number of aromatic nitrogens is 1. The fraction of sp³-hybridized carbons (Fsp3) is 0.133. The minimum atomic E-state index is -0.0144. The SMILES string of the molecule is CC(C)(C)c1cc(-c2cccc3cccc(-c4ccccc4N(c4cccc5oc6ccccc6c45)c4cccc5c4c4ccccc4n5-c4ccccc4)c23)cc(C(C)(C)C)c1. The van der Waals surface area contributed by atoms with Crippen molar-refractivity contribution in [2.45, 2.75) is 52.4 Å². The maximum atomic E-state index is 6.61. The van der Waals surface area contributed by atoms with Gasteiger partial charge in [0.15, 0.2) is 0 Å². The number of furan rings is 1. The van der Waals surface area contributed by atoms with E-state index in [1.54, 1.807) is 0 Å². The number of para-hydroxylation sites is 4. The third kappa shape index (κ3) is 6.41. The summed E-state index contributed by atoms with van der Waals surface area (Å²) in [6, 6.07) is 71.0. The van der Waals surface area contributed by atoms with Crippen molar-refractivity contribution in [3.63, 3.8) is 0 Å². The second kappa shape index (κ2) is 14.6. The Morgan fingerprint density at radius 2 is 0.937 bits per heavy atom. The van der Waals surface area contributed by atoms with Crippen LogP contribution in [0, 0.1) is 0 Å². The third-order valence-corrected chi connectivity index (χ3v) is 12.9. The molecule has 0 aliphatic carbocycles. The summed E-state index contributed by atoms with van der Waals surface area (Å²) in [5.74, 6) is 0. The number of hydrogen-bond acceptors (Lipinski definition) is 2. The van der Waals surface area contributed by atoms with Gasteiger partial charge in [0.25, 0.3) is 0 Å². The molecule has 11 aromatic rings. The number of rotatable bonds is 6. The number of nitrogens with zero attached hydrogens (tertiary/aromatic N) is 2. The van der Waals surface area contributed by atoms with Gasteiger partial charge in [0.05, 0.1) is 33.5 Å². The first-order valence-corrected chi connectivity index (χ1v) is 22.1. The Bertz CT molecular complexity index is 3500. The Balaban J connectivity index is 1.24. The molecule has 0 atom stereocenters. The Morgan fingerprint density at radius 1 is 0.397 bits per heavy atom. The van der Waals surface area contributed by atoms with Gasteiger partial charge >= 0.3 is 0 Å². The van der Waals surface area contributed by atoms with Crippen LogP contribution in [0.5, 0.6) is 0 Å². The lowest BCUT2D eigenvalue weighted by Gasteiger charge is -2.30. The van der Waals surface area contributed by atoms with Crippen LogP contribution < -0.4 is 4.90 Å². The van der Waals surface area contributed by atoms with Crippen LogP contribution in [0.15, 0.2) is 199 Å². The highest BCUT2D eigenvalue weighted by atomic mass is 16.3. The van der Waals surface area contributed by atoms with Crippen LogP contribution in [0.2, 0.25) is 0 Å². The van der Waals surface area contributed by atoms with Crippen molar-refractivity contribution in [1.29, 1.82) is 0 Å². The highest BCUT2D eigenvalue weighted by Crippen LogP contribution is 2.51. The molecule has 0 saturated heterocycles. The molecular formula is C60H50N2O. The van der Waals surface area contributed by atoms with Crippen LogP contribution in [0.1, 0.15) is 52.7 Å². The monoisotopic (exact) mass is 814 g/mol. The van der Waals surface area contributed by atoms with Gasteiger partial charge in [-0.2, -0.15) is 0 Å². The summed E-state index contributed by atoms with van der Waals surface area (Å²) in [4.78, 5) is 2.50. The quantitative estimate of drug-likeness (QED) is 0.167. The lowest BCUT2D eigenvalue weighted by atomic mass is 9.78. The first-order valence-electron chi connectivity index (χ1n) is 22.1. The number of fused-ring (bicyclic) bond motifs is 7. The van der Waals surface area contributed by atoms with E-state index in [2.05, 4.69) is 245 Å². The molecule has 0 aliphatic rings. The zero-order valence-electron chi connectivity index (χ0n) is 36.8. The molecule has 0 amide bonds. The molecule has 0 unspecified atom stereocenters. The van der Waals surface area contributed by atoms with E-state index in [1.807, 2.05) is 0 Å². The van der Waals surface area contributed by atoms with E-state index < -0.39 is 0 Å². The first kappa shape index (κ1) is 38.6. The molecule has 0 N–H and O–H groups in total. The van der Waals surface area contributed by atoms with Gasteiger partial charge in [0.2, 0.25) is 0 Å². The predicted molar refractivity (Wildman–Crippen MR) is 269 cm³/mol. The largest absolute Gasteiger partial charge is 0.456 e. The fourth-order valence-electron chi connectivity index (χ4n) is 9.73. The molecular weight excluding hydrogens is 765 g/mol. The molecule has 3 heteroatoms. The molecule has 0 fully saturated rings. The normalized spacial score (nSPS) is 12.3. The van der Waals surface area contributed by atoms with Gasteiger partial charge in [-0.15, -0.1) is 0 Å². The fourth-order valence-corrected chi connectivity index (χ4v) is 9.73. The highest BCUT2D eigenvalue weighted by Gasteiger charge is 2.27. The average molecular weight is 815 g/mol. The second-order valence-electron chi connectivity index (χ2n) is 19.0. The van der Waals surface area contributed by atoms with E-state index in [4.69, 9.17) is 4.42 Å². The minimum absolute atomic E-state index is 0.0144. The van der Waals surface area contributed by atoms with Crippen LogP contribution in [0.4, 0.5) is 17.1 Å². The Hall–Kier alpha value is -7.36.